The Bertz CT molecular complexity index is 3190. The minimum Gasteiger partial charge on any atom is -0.496 e. The number of benzene rings is 4. The molecule has 0 radical (unpaired) electrons. The summed E-state index contributed by atoms with van der Waals surface area (Å²) in [6.07, 6.45) is 7.76. The third-order valence-electron chi connectivity index (χ3n) is 11.3. The average Bonchev–Trinajstić information content (AvgIpc) is 3.88. The lowest BCUT2D eigenvalue weighted by molar-refractivity contribution is 0.396. The molecule has 0 aliphatic carbocycles. The van der Waals surface area contributed by atoms with Crippen molar-refractivity contribution in [2.75, 3.05) is 32.2 Å². The summed E-state index contributed by atoms with van der Waals surface area (Å²) >= 11 is 1.58. The van der Waals surface area contributed by atoms with Gasteiger partial charge in [-0.25, -0.2) is 14.6 Å². The highest BCUT2D eigenvalue weighted by molar-refractivity contribution is 7.18. The number of aromatic nitrogens is 3. The summed E-state index contributed by atoms with van der Waals surface area (Å²) in [5.74, 6) is 1.03. The topological polar surface area (TPSA) is 113 Å². The van der Waals surface area contributed by atoms with E-state index in [0.717, 1.165) is 92.5 Å². The van der Waals surface area contributed by atoms with Crippen molar-refractivity contribution in [2.45, 2.75) is 39.5 Å². The highest BCUT2D eigenvalue weighted by Crippen LogP contribution is 2.39. The van der Waals surface area contributed by atoms with Gasteiger partial charge in [0.25, 0.3) is 0 Å². The van der Waals surface area contributed by atoms with Crippen molar-refractivity contribution < 1.29 is 18.3 Å². The highest BCUT2D eigenvalue weighted by Gasteiger charge is 2.18. The molecule has 302 valence electrons. The molecule has 5 heterocycles. The zero-order valence-corrected chi connectivity index (χ0v) is 35.0. The predicted octanol–water partition coefficient (Wildman–Crippen LogP) is 11.5. The number of hydrogen-bond donors (Lipinski definition) is 0. The second-order valence-electron chi connectivity index (χ2n) is 15.0. The van der Waals surface area contributed by atoms with E-state index in [9.17, 15) is 9.59 Å². The zero-order chi connectivity index (χ0) is 41.5. The summed E-state index contributed by atoms with van der Waals surface area (Å²) in [4.78, 5) is 40.3. The maximum absolute atomic E-state index is 13.4. The molecule has 0 spiro atoms. The van der Waals surface area contributed by atoms with Gasteiger partial charge in [-0.15, -0.1) is 11.3 Å². The lowest BCUT2D eigenvalue weighted by atomic mass is 10.1. The molecule has 10 nitrogen and oxygen atoms in total. The van der Waals surface area contributed by atoms with Crippen molar-refractivity contribution in [3.05, 3.63) is 124 Å². The van der Waals surface area contributed by atoms with Gasteiger partial charge in [-0.1, -0.05) is 51.0 Å². The molecular weight excluding hydrogens is 773 g/mol. The Hall–Kier alpha value is -6.72. The van der Waals surface area contributed by atoms with E-state index in [4.69, 9.17) is 23.3 Å². The van der Waals surface area contributed by atoms with Crippen molar-refractivity contribution >= 4 is 60.8 Å². The number of rotatable bonds is 13. The molecule has 0 unspecified atom stereocenters. The number of anilines is 1. The second-order valence-corrected chi connectivity index (χ2v) is 16.1. The van der Waals surface area contributed by atoms with Crippen LogP contribution in [0.4, 0.5) is 5.69 Å². The number of fused-ring (bicyclic) bond motifs is 5. The first-order chi connectivity index (χ1) is 29.3. The quantitative estimate of drug-likeness (QED) is 0.105. The van der Waals surface area contributed by atoms with Gasteiger partial charge in [0.2, 0.25) is 0 Å². The Morgan fingerprint density at radius 2 is 1.35 bits per heavy atom. The molecule has 4 aromatic carbocycles. The third kappa shape index (κ3) is 7.08. The second kappa shape index (κ2) is 16.1. The van der Waals surface area contributed by atoms with Gasteiger partial charge < -0.3 is 27.8 Å². The van der Waals surface area contributed by atoms with Crippen LogP contribution in [0.15, 0.2) is 122 Å². The summed E-state index contributed by atoms with van der Waals surface area (Å²) in [5, 5.41) is 3.75. The Kier molecular flexibility index (Phi) is 10.4. The summed E-state index contributed by atoms with van der Waals surface area (Å²) in [6, 6.07) is 30.1. The van der Waals surface area contributed by atoms with Crippen molar-refractivity contribution in [2.24, 2.45) is 7.05 Å². The van der Waals surface area contributed by atoms with Crippen LogP contribution in [0, 0.1) is 0 Å². The highest BCUT2D eigenvalue weighted by atomic mass is 32.1. The van der Waals surface area contributed by atoms with Gasteiger partial charge in [-0.3, -0.25) is 4.98 Å². The van der Waals surface area contributed by atoms with Crippen LogP contribution in [0.2, 0.25) is 0 Å². The number of unbranched alkanes of at least 4 members (excludes halogenated alkanes) is 2. The summed E-state index contributed by atoms with van der Waals surface area (Å²) in [5.41, 5.74) is 7.04. The van der Waals surface area contributed by atoms with Crippen LogP contribution < -0.4 is 25.6 Å². The first kappa shape index (κ1) is 38.8. The van der Waals surface area contributed by atoms with Gasteiger partial charge in [0.15, 0.2) is 0 Å². The van der Waals surface area contributed by atoms with Crippen LogP contribution in [0.5, 0.6) is 11.5 Å². The zero-order valence-electron chi connectivity index (χ0n) is 34.2. The van der Waals surface area contributed by atoms with E-state index >= 15 is 0 Å². The first-order valence-corrected chi connectivity index (χ1v) is 21.1. The van der Waals surface area contributed by atoms with E-state index in [1.807, 2.05) is 24.3 Å². The van der Waals surface area contributed by atoms with Gasteiger partial charge in [0.1, 0.15) is 22.7 Å². The molecule has 0 fully saturated rings. The molecule has 0 bridgehead atoms. The maximum Gasteiger partial charge on any atom is 0.345 e. The van der Waals surface area contributed by atoms with Gasteiger partial charge in [-0.2, -0.15) is 0 Å². The lowest BCUT2D eigenvalue weighted by Gasteiger charge is -2.24. The van der Waals surface area contributed by atoms with Crippen molar-refractivity contribution in [1.29, 1.82) is 0 Å². The fraction of sp³-hybridized carbons (Fsp3) is 0.224. The molecule has 0 aliphatic heterocycles. The Morgan fingerprint density at radius 3 is 2.08 bits per heavy atom. The number of thiophene rings is 1. The third-order valence-corrected chi connectivity index (χ3v) is 12.4. The summed E-state index contributed by atoms with van der Waals surface area (Å²) in [6.45, 7) is 6.39. The summed E-state index contributed by atoms with van der Waals surface area (Å²) < 4.78 is 24.7. The number of ether oxygens (including phenoxy) is 2. The van der Waals surface area contributed by atoms with Gasteiger partial charge in [0.05, 0.1) is 54.5 Å². The van der Waals surface area contributed by atoms with Gasteiger partial charge in [0, 0.05) is 86.5 Å². The minimum atomic E-state index is -0.538. The number of hydrogen-bond acceptors (Lipinski definition) is 10. The van der Waals surface area contributed by atoms with E-state index in [1.54, 1.807) is 56.1 Å². The minimum absolute atomic E-state index is 0.276. The predicted molar refractivity (Wildman–Crippen MR) is 243 cm³/mol. The number of nitrogens with zero attached hydrogens (tertiary/aromatic N) is 4. The largest absolute Gasteiger partial charge is 0.496 e. The van der Waals surface area contributed by atoms with E-state index in [-0.39, 0.29) is 11.2 Å². The average molecular weight is 817 g/mol. The molecule has 0 saturated carbocycles. The molecule has 5 aromatic heterocycles. The van der Waals surface area contributed by atoms with Crippen LogP contribution >= 0.6 is 11.3 Å². The Morgan fingerprint density at radius 1 is 0.667 bits per heavy atom. The maximum atomic E-state index is 13.4. The number of aryl methyl sites for hydroxylation is 1. The smallest absolute Gasteiger partial charge is 0.345 e. The molecular formula is C49H44N4O6S. The molecule has 0 aliphatic rings. The standard InChI is InChI=1S/C49H44N4O6S/c1-6-8-18-53(19-9-7-2)32-13-10-30-20-38(49(55)58-43(30)23-32)47-17-16-46(60-47)31-12-15-35-34-14-11-29(21-41(34)52(3)42(35)22-31)39-27-50-28-40(51-39)36-26-37-44(57-5)24-33(56-4)25-45(37)59-48(36)54/h10-17,20-28H,6-9,18-19H2,1-5H3. The summed E-state index contributed by atoms with van der Waals surface area (Å²) in [7, 11) is 5.16. The molecule has 9 aromatic rings. The SMILES string of the molecule is CCCCN(CCCC)c1ccc2cc(-c3ccc(-c4ccc5c6ccc(-c7cncc(-c8cc9c(OC)cc(OC)cc9oc8=O)n7)cc6n(C)c5c4)s3)c(=O)oc2c1. The molecule has 0 saturated heterocycles. The molecule has 9 rings (SSSR count). The van der Waals surface area contributed by atoms with Crippen molar-refractivity contribution in [1.82, 2.24) is 14.5 Å². The molecule has 60 heavy (non-hydrogen) atoms. The van der Waals surface area contributed by atoms with Crippen LogP contribution in [0.25, 0.3) is 87.1 Å². The van der Waals surface area contributed by atoms with Crippen LogP contribution in [0.1, 0.15) is 39.5 Å². The Labute approximate surface area is 350 Å². The first-order valence-electron chi connectivity index (χ1n) is 20.2. The van der Waals surface area contributed by atoms with E-state index in [2.05, 4.69) is 83.9 Å². The number of methoxy groups -OCH3 is 2. The lowest BCUT2D eigenvalue weighted by Crippen LogP contribution is -2.25. The molecule has 0 amide bonds. The fourth-order valence-electron chi connectivity index (χ4n) is 7.95. The monoisotopic (exact) mass is 816 g/mol. The fourth-order valence-corrected chi connectivity index (χ4v) is 8.96. The molecule has 11 heteroatoms. The van der Waals surface area contributed by atoms with E-state index in [0.29, 0.717) is 45.0 Å². The van der Waals surface area contributed by atoms with Gasteiger partial charge >= 0.3 is 11.3 Å². The van der Waals surface area contributed by atoms with Crippen molar-refractivity contribution in [3.63, 3.8) is 0 Å². The van der Waals surface area contributed by atoms with Crippen molar-refractivity contribution in [3.8, 4) is 54.9 Å². The van der Waals surface area contributed by atoms with Crippen LogP contribution in [-0.2, 0) is 7.05 Å². The van der Waals surface area contributed by atoms with Crippen LogP contribution in [-0.4, -0.2) is 41.8 Å². The normalized spacial score (nSPS) is 11.6. The van der Waals surface area contributed by atoms with E-state index < -0.39 is 5.63 Å². The molecule has 0 atom stereocenters. The van der Waals surface area contributed by atoms with Crippen LogP contribution in [0.3, 0.4) is 0 Å². The van der Waals surface area contributed by atoms with Gasteiger partial charge in [-0.05, 0) is 66.9 Å². The Balaban J connectivity index is 1.01. The van der Waals surface area contributed by atoms with E-state index in [1.165, 1.54) is 0 Å². The molecule has 0 N–H and O–H groups in total.